The van der Waals surface area contributed by atoms with Gasteiger partial charge in [-0.1, -0.05) is 17.7 Å². The number of rotatable bonds is 4. The summed E-state index contributed by atoms with van der Waals surface area (Å²) in [7, 11) is 1.96. The van der Waals surface area contributed by atoms with Crippen LogP contribution in [-0.4, -0.2) is 18.3 Å². The van der Waals surface area contributed by atoms with Crippen molar-refractivity contribution in [1.82, 2.24) is 4.98 Å². The maximum atomic E-state index is 10.7. The fourth-order valence-corrected chi connectivity index (χ4v) is 1.89. The van der Waals surface area contributed by atoms with Crippen LogP contribution in [0.15, 0.2) is 42.6 Å². The number of anilines is 1. The number of hydrogen-bond acceptors (Lipinski definition) is 3. The normalized spacial score (nSPS) is 10.1. The third-order valence-electron chi connectivity index (χ3n) is 2.68. The van der Waals surface area contributed by atoms with Crippen molar-refractivity contribution in [2.75, 3.05) is 11.9 Å². The summed E-state index contributed by atoms with van der Waals surface area (Å²) in [6.45, 7) is 0.692. The lowest BCUT2D eigenvalue weighted by Gasteiger charge is -2.19. The van der Waals surface area contributed by atoms with Crippen molar-refractivity contribution in [3.05, 3.63) is 58.9 Å². The Morgan fingerprint density at radius 3 is 2.78 bits per heavy atom. The lowest BCUT2D eigenvalue weighted by Crippen LogP contribution is -2.17. The van der Waals surface area contributed by atoms with Gasteiger partial charge in [-0.05, 0) is 30.3 Å². The molecule has 0 N–H and O–H groups in total. The van der Waals surface area contributed by atoms with E-state index >= 15 is 0 Å². The number of carbonyl (C=O) groups excluding carboxylic acids is 1. The maximum Gasteiger partial charge on any atom is 0.151 e. The van der Waals surface area contributed by atoms with Crippen LogP contribution >= 0.6 is 11.6 Å². The zero-order valence-corrected chi connectivity index (χ0v) is 10.8. The van der Waals surface area contributed by atoms with Crippen LogP contribution in [0.25, 0.3) is 0 Å². The molecular formula is C14H13ClN2O. The minimum absolute atomic E-state index is 0.468. The van der Waals surface area contributed by atoms with Crippen LogP contribution in [0, 0.1) is 0 Å². The second-order valence-corrected chi connectivity index (χ2v) is 4.41. The zero-order valence-electron chi connectivity index (χ0n) is 10.0. The molecule has 1 aromatic heterocycles. The summed E-state index contributed by atoms with van der Waals surface area (Å²) in [5.41, 5.74) is 2.44. The molecule has 0 saturated carbocycles. The molecule has 1 heterocycles. The molecule has 3 nitrogen and oxygen atoms in total. The molecule has 0 bridgehead atoms. The topological polar surface area (TPSA) is 33.2 Å². The van der Waals surface area contributed by atoms with Gasteiger partial charge in [0.1, 0.15) is 0 Å². The van der Waals surface area contributed by atoms with Gasteiger partial charge in [-0.25, -0.2) is 0 Å². The lowest BCUT2D eigenvalue weighted by atomic mass is 10.2. The van der Waals surface area contributed by atoms with Gasteiger partial charge in [-0.3, -0.25) is 9.78 Å². The summed E-state index contributed by atoms with van der Waals surface area (Å²) in [5, 5.41) is 0.468. The second-order valence-electron chi connectivity index (χ2n) is 4.00. The van der Waals surface area contributed by atoms with Gasteiger partial charge in [0.15, 0.2) is 6.29 Å². The molecule has 2 aromatic rings. The molecule has 0 unspecified atom stereocenters. The highest BCUT2D eigenvalue weighted by atomic mass is 35.5. The predicted molar refractivity (Wildman–Crippen MR) is 73.2 cm³/mol. The number of carbonyl (C=O) groups is 1. The summed E-state index contributed by atoms with van der Waals surface area (Å²) >= 11 is 6.00. The van der Waals surface area contributed by atoms with Crippen LogP contribution in [-0.2, 0) is 6.54 Å². The molecule has 0 aliphatic rings. The van der Waals surface area contributed by atoms with Crippen LogP contribution in [0.5, 0.6) is 0 Å². The molecule has 0 atom stereocenters. The summed E-state index contributed by atoms with van der Waals surface area (Å²) in [6.07, 6.45) is 2.52. The van der Waals surface area contributed by atoms with E-state index in [4.69, 9.17) is 11.6 Å². The quantitative estimate of drug-likeness (QED) is 0.792. The zero-order chi connectivity index (χ0) is 13.0. The first-order valence-electron chi connectivity index (χ1n) is 5.56. The van der Waals surface area contributed by atoms with Crippen molar-refractivity contribution in [3.63, 3.8) is 0 Å². The molecule has 1 aromatic carbocycles. The van der Waals surface area contributed by atoms with Crippen molar-refractivity contribution >= 4 is 23.6 Å². The number of aldehydes is 1. The molecule has 0 amide bonds. The highest BCUT2D eigenvalue weighted by Gasteiger charge is 2.06. The first-order valence-corrected chi connectivity index (χ1v) is 5.94. The van der Waals surface area contributed by atoms with Gasteiger partial charge in [0, 0.05) is 24.5 Å². The first kappa shape index (κ1) is 12.6. The van der Waals surface area contributed by atoms with Gasteiger partial charge in [0.25, 0.3) is 0 Å². The Bertz CT molecular complexity index is 543. The fourth-order valence-electron chi connectivity index (χ4n) is 1.67. The van der Waals surface area contributed by atoms with E-state index in [-0.39, 0.29) is 0 Å². The predicted octanol–water partition coefficient (Wildman–Crippen LogP) is 3.18. The highest BCUT2D eigenvalue weighted by molar-refractivity contribution is 6.33. The van der Waals surface area contributed by atoms with E-state index in [9.17, 15) is 4.79 Å². The molecule has 0 fully saturated rings. The summed E-state index contributed by atoms with van der Waals surface area (Å²) in [4.78, 5) is 17.0. The van der Waals surface area contributed by atoms with Gasteiger partial charge in [-0.15, -0.1) is 0 Å². The van der Waals surface area contributed by atoms with Crippen LogP contribution in [0.1, 0.15) is 16.1 Å². The SMILES string of the molecule is CN(Cc1ccccn1)c1ccc(C=O)c(Cl)c1. The van der Waals surface area contributed by atoms with Gasteiger partial charge in [-0.2, -0.15) is 0 Å². The van der Waals surface area contributed by atoms with Crippen molar-refractivity contribution in [1.29, 1.82) is 0 Å². The van der Waals surface area contributed by atoms with Gasteiger partial charge < -0.3 is 4.90 Å². The van der Waals surface area contributed by atoms with Crippen LogP contribution in [0.3, 0.4) is 0 Å². The Hall–Kier alpha value is -1.87. The molecular weight excluding hydrogens is 248 g/mol. The van der Waals surface area contributed by atoms with Gasteiger partial charge in [0.2, 0.25) is 0 Å². The molecule has 92 valence electrons. The van der Waals surface area contributed by atoms with Crippen molar-refractivity contribution in [3.8, 4) is 0 Å². The van der Waals surface area contributed by atoms with Crippen LogP contribution in [0.4, 0.5) is 5.69 Å². The summed E-state index contributed by atoms with van der Waals surface area (Å²) < 4.78 is 0. The third kappa shape index (κ3) is 2.87. The second kappa shape index (κ2) is 5.65. The van der Waals surface area contributed by atoms with Gasteiger partial charge >= 0.3 is 0 Å². The summed E-state index contributed by atoms with van der Waals surface area (Å²) in [6, 6.07) is 11.2. The molecule has 4 heteroatoms. The molecule has 0 radical (unpaired) electrons. The van der Waals surface area contributed by atoms with Crippen molar-refractivity contribution in [2.24, 2.45) is 0 Å². The average molecular weight is 261 g/mol. The van der Waals surface area contributed by atoms with E-state index in [1.54, 1.807) is 18.3 Å². The monoisotopic (exact) mass is 260 g/mol. The van der Waals surface area contributed by atoms with Gasteiger partial charge in [0.05, 0.1) is 17.3 Å². The van der Waals surface area contributed by atoms with E-state index in [1.165, 1.54) is 0 Å². The van der Waals surface area contributed by atoms with Crippen molar-refractivity contribution in [2.45, 2.75) is 6.54 Å². The van der Waals surface area contributed by atoms with Crippen molar-refractivity contribution < 1.29 is 4.79 Å². The average Bonchev–Trinajstić information content (AvgIpc) is 2.39. The Balaban J connectivity index is 2.16. The highest BCUT2D eigenvalue weighted by Crippen LogP contribution is 2.22. The van der Waals surface area contributed by atoms with E-state index < -0.39 is 0 Å². The van der Waals surface area contributed by atoms with E-state index in [0.717, 1.165) is 17.7 Å². The first-order chi connectivity index (χ1) is 8.70. The molecule has 0 spiro atoms. The largest absolute Gasteiger partial charge is 0.369 e. The minimum Gasteiger partial charge on any atom is -0.369 e. The molecule has 18 heavy (non-hydrogen) atoms. The van der Waals surface area contributed by atoms with E-state index in [2.05, 4.69) is 4.98 Å². The molecule has 0 saturated heterocycles. The number of hydrogen-bond donors (Lipinski definition) is 0. The number of halogens is 1. The summed E-state index contributed by atoms with van der Waals surface area (Å²) in [5.74, 6) is 0. The molecule has 0 aliphatic heterocycles. The van der Waals surface area contributed by atoms with E-state index in [0.29, 0.717) is 17.1 Å². The number of nitrogens with zero attached hydrogens (tertiary/aromatic N) is 2. The van der Waals surface area contributed by atoms with Crippen LogP contribution in [0.2, 0.25) is 5.02 Å². The number of benzene rings is 1. The molecule has 2 rings (SSSR count). The Kier molecular flexibility index (Phi) is 3.95. The Morgan fingerprint density at radius 1 is 1.33 bits per heavy atom. The Labute approximate surface area is 111 Å². The Morgan fingerprint density at radius 2 is 2.17 bits per heavy atom. The standard InChI is InChI=1S/C14H13ClN2O/c1-17(9-12-4-2-3-7-16-12)13-6-5-11(10-18)14(15)8-13/h2-8,10H,9H2,1H3. The fraction of sp³-hybridized carbons (Fsp3) is 0.143. The van der Waals surface area contributed by atoms with Crippen LogP contribution < -0.4 is 4.90 Å². The smallest absolute Gasteiger partial charge is 0.151 e. The number of aromatic nitrogens is 1. The molecule has 0 aliphatic carbocycles. The number of pyridine rings is 1. The third-order valence-corrected chi connectivity index (χ3v) is 3.00. The maximum absolute atomic E-state index is 10.7. The minimum atomic E-state index is 0.468. The van der Waals surface area contributed by atoms with E-state index in [1.807, 2.05) is 36.2 Å². The lowest BCUT2D eigenvalue weighted by molar-refractivity contribution is 0.112.